The maximum atomic E-state index is 11.6. The Morgan fingerprint density at radius 1 is 1.21 bits per heavy atom. The number of carbonyl (C=O) groups is 1. The fourth-order valence-electron chi connectivity index (χ4n) is 1.25. The minimum atomic E-state index is -0.675. The summed E-state index contributed by atoms with van der Waals surface area (Å²) >= 11 is 0. The van der Waals surface area contributed by atoms with E-state index in [9.17, 15) is 14.9 Å². The number of nitro groups is 1. The van der Waals surface area contributed by atoms with Gasteiger partial charge in [-0.3, -0.25) is 14.9 Å². The van der Waals surface area contributed by atoms with Crippen LogP contribution >= 0.6 is 0 Å². The molecule has 1 aromatic heterocycles. The molecule has 19 heavy (non-hydrogen) atoms. The topological polar surface area (TPSA) is 118 Å². The standard InChI is InChI=1S/C11H7N3O5/c15-10-6-5-9(19-10)12-13-11(16)7-1-3-8(4-2-7)14(17)18/h1-6,15H. The van der Waals surface area contributed by atoms with Crippen molar-refractivity contribution in [1.29, 1.82) is 0 Å². The van der Waals surface area contributed by atoms with Crippen LogP contribution < -0.4 is 0 Å². The van der Waals surface area contributed by atoms with Crippen LogP contribution in [0.4, 0.5) is 11.6 Å². The molecule has 8 nitrogen and oxygen atoms in total. The first-order chi connectivity index (χ1) is 9.06. The van der Waals surface area contributed by atoms with Crippen molar-refractivity contribution in [3.8, 4) is 5.95 Å². The molecule has 0 aliphatic rings. The predicted octanol–water partition coefficient (Wildman–Crippen LogP) is 2.82. The highest BCUT2D eigenvalue weighted by molar-refractivity contribution is 5.94. The average Bonchev–Trinajstić information content (AvgIpc) is 2.82. The van der Waals surface area contributed by atoms with Crippen LogP contribution in [0.1, 0.15) is 10.4 Å². The summed E-state index contributed by atoms with van der Waals surface area (Å²) in [5, 5.41) is 26.2. The molecule has 0 aliphatic heterocycles. The van der Waals surface area contributed by atoms with Gasteiger partial charge in [-0.05, 0) is 12.1 Å². The molecule has 0 radical (unpaired) electrons. The van der Waals surface area contributed by atoms with E-state index in [-0.39, 0.29) is 23.1 Å². The molecule has 1 N–H and O–H groups in total. The molecule has 1 heterocycles. The fourth-order valence-corrected chi connectivity index (χ4v) is 1.25. The summed E-state index contributed by atoms with van der Waals surface area (Å²) in [4.78, 5) is 21.4. The SMILES string of the molecule is O=C(N=Nc1ccc(O)o1)c1ccc([N+](=O)[O-])cc1. The Balaban J connectivity index is 2.11. The molecule has 8 heteroatoms. The van der Waals surface area contributed by atoms with Gasteiger partial charge in [-0.1, -0.05) is 0 Å². The fraction of sp³-hybridized carbons (Fsp3) is 0. The summed E-state index contributed by atoms with van der Waals surface area (Å²) in [5.41, 5.74) is 0.0366. The first-order valence-electron chi connectivity index (χ1n) is 5.05. The summed E-state index contributed by atoms with van der Waals surface area (Å²) in [6.45, 7) is 0. The zero-order valence-electron chi connectivity index (χ0n) is 9.39. The first kappa shape index (κ1) is 12.4. The van der Waals surface area contributed by atoms with Gasteiger partial charge in [0, 0.05) is 29.8 Å². The molecule has 0 atom stereocenters. The van der Waals surface area contributed by atoms with Crippen LogP contribution in [0, 0.1) is 10.1 Å². The molecule has 1 amide bonds. The summed E-state index contributed by atoms with van der Waals surface area (Å²) in [5.74, 6) is -1.03. The minimum Gasteiger partial charge on any atom is -0.481 e. The highest BCUT2D eigenvalue weighted by Gasteiger charge is 2.09. The van der Waals surface area contributed by atoms with Gasteiger partial charge in [0.15, 0.2) is 0 Å². The van der Waals surface area contributed by atoms with Crippen molar-refractivity contribution in [2.24, 2.45) is 10.2 Å². The highest BCUT2D eigenvalue weighted by Crippen LogP contribution is 2.21. The number of hydrogen-bond acceptors (Lipinski definition) is 6. The Morgan fingerprint density at radius 2 is 1.89 bits per heavy atom. The summed E-state index contributed by atoms with van der Waals surface area (Å²) in [7, 11) is 0. The molecule has 0 spiro atoms. The zero-order valence-corrected chi connectivity index (χ0v) is 9.39. The Labute approximate surface area is 106 Å². The van der Waals surface area contributed by atoms with Crippen LogP contribution in [-0.2, 0) is 0 Å². The summed E-state index contributed by atoms with van der Waals surface area (Å²) in [6.07, 6.45) is 0. The molecular weight excluding hydrogens is 254 g/mol. The van der Waals surface area contributed by atoms with Crippen molar-refractivity contribution >= 4 is 17.5 Å². The van der Waals surface area contributed by atoms with Crippen LogP contribution in [0.15, 0.2) is 51.0 Å². The van der Waals surface area contributed by atoms with E-state index in [1.54, 1.807) is 0 Å². The number of amides is 1. The van der Waals surface area contributed by atoms with Gasteiger partial charge >= 0.3 is 0 Å². The van der Waals surface area contributed by atoms with Crippen molar-refractivity contribution < 1.29 is 19.2 Å². The molecule has 0 aliphatic carbocycles. The number of carbonyl (C=O) groups excluding carboxylic acids is 1. The number of non-ortho nitro benzene ring substituents is 1. The van der Waals surface area contributed by atoms with Gasteiger partial charge in [-0.25, -0.2) is 0 Å². The minimum absolute atomic E-state index is 0.0206. The maximum absolute atomic E-state index is 11.6. The van der Waals surface area contributed by atoms with E-state index < -0.39 is 10.8 Å². The van der Waals surface area contributed by atoms with E-state index in [2.05, 4.69) is 14.6 Å². The molecular formula is C11H7N3O5. The van der Waals surface area contributed by atoms with Crippen molar-refractivity contribution in [3.05, 3.63) is 52.1 Å². The van der Waals surface area contributed by atoms with Crippen LogP contribution in [0.5, 0.6) is 5.95 Å². The number of hydrogen-bond donors (Lipinski definition) is 1. The van der Waals surface area contributed by atoms with Crippen LogP contribution in [-0.4, -0.2) is 15.9 Å². The monoisotopic (exact) mass is 261 g/mol. The Kier molecular flexibility index (Phi) is 3.33. The van der Waals surface area contributed by atoms with Crippen molar-refractivity contribution in [2.75, 3.05) is 0 Å². The van der Waals surface area contributed by atoms with E-state index >= 15 is 0 Å². The largest absolute Gasteiger partial charge is 0.481 e. The van der Waals surface area contributed by atoms with Gasteiger partial charge in [0.05, 0.1) is 4.92 Å². The van der Waals surface area contributed by atoms with Gasteiger partial charge in [-0.2, -0.15) is 0 Å². The molecule has 2 aromatic rings. The number of benzene rings is 1. The van der Waals surface area contributed by atoms with E-state index in [1.807, 2.05) is 0 Å². The maximum Gasteiger partial charge on any atom is 0.295 e. The highest BCUT2D eigenvalue weighted by atomic mass is 16.6. The number of nitrogens with zero attached hydrogens (tertiary/aromatic N) is 3. The summed E-state index contributed by atoms with van der Waals surface area (Å²) < 4.78 is 4.67. The molecule has 0 saturated heterocycles. The lowest BCUT2D eigenvalue weighted by atomic mass is 10.2. The number of rotatable bonds is 3. The van der Waals surface area contributed by atoms with Crippen LogP contribution in [0.25, 0.3) is 0 Å². The number of furan rings is 1. The van der Waals surface area contributed by atoms with E-state index in [0.717, 1.165) is 0 Å². The lowest BCUT2D eigenvalue weighted by Gasteiger charge is -1.93. The van der Waals surface area contributed by atoms with Crippen LogP contribution in [0.2, 0.25) is 0 Å². The predicted molar refractivity (Wildman–Crippen MR) is 62.3 cm³/mol. The van der Waals surface area contributed by atoms with E-state index in [4.69, 9.17) is 5.11 Å². The molecule has 96 valence electrons. The lowest BCUT2D eigenvalue weighted by Crippen LogP contribution is -1.94. The van der Waals surface area contributed by atoms with Gasteiger partial charge in [-0.15, -0.1) is 10.2 Å². The Hall–Kier alpha value is -3.03. The third-order valence-corrected chi connectivity index (χ3v) is 2.14. The molecule has 0 saturated carbocycles. The Morgan fingerprint density at radius 3 is 2.42 bits per heavy atom. The van der Waals surface area contributed by atoms with E-state index in [1.165, 1.54) is 36.4 Å². The normalized spacial score (nSPS) is 10.7. The quantitative estimate of drug-likeness (QED) is 0.517. The third kappa shape index (κ3) is 3.00. The lowest BCUT2D eigenvalue weighted by molar-refractivity contribution is -0.384. The first-order valence-corrected chi connectivity index (χ1v) is 5.05. The molecule has 0 unspecified atom stereocenters. The van der Waals surface area contributed by atoms with Gasteiger partial charge in [0.25, 0.3) is 17.5 Å². The number of nitro benzene ring substituents is 1. The van der Waals surface area contributed by atoms with Gasteiger partial charge in [0.1, 0.15) is 0 Å². The molecule has 0 fully saturated rings. The molecule has 2 rings (SSSR count). The number of azo groups is 1. The van der Waals surface area contributed by atoms with Crippen molar-refractivity contribution in [3.63, 3.8) is 0 Å². The van der Waals surface area contributed by atoms with Crippen LogP contribution in [0.3, 0.4) is 0 Å². The Bertz CT molecular complexity index is 645. The summed E-state index contributed by atoms with van der Waals surface area (Å²) in [6, 6.07) is 7.54. The number of aromatic hydroxyl groups is 1. The van der Waals surface area contributed by atoms with E-state index in [0.29, 0.717) is 0 Å². The second kappa shape index (κ2) is 5.08. The molecule has 1 aromatic carbocycles. The molecule has 0 bridgehead atoms. The van der Waals surface area contributed by atoms with Gasteiger partial charge < -0.3 is 9.52 Å². The third-order valence-electron chi connectivity index (χ3n) is 2.14. The van der Waals surface area contributed by atoms with Crippen molar-refractivity contribution in [1.82, 2.24) is 0 Å². The van der Waals surface area contributed by atoms with Crippen molar-refractivity contribution in [2.45, 2.75) is 0 Å². The zero-order chi connectivity index (χ0) is 13.8. The smallest absolute Gasteiger partial charge is 0.295 e. The average molecular weight is 261 g/mol. The second-order valence-electron chi connectivity index (χ2n) is 3.42. The van der Waals surface area contributed by atoms with Gasteiger partial charge in [0.2, 0.25) is 5.88 Å². The second-order valence-corrected chi connectivity index (χ2v) is 3.42.